The average Bonchev–Trinajstić information content (AvgIpc) is 2.82. The van der Waals surface area contributed by atoms with Gasteiger partial charge in [-0.15, -0.1) is 0 Å². The van der Waals surface area contributed by atoms with Gasteiger partial charge >= 0.3 is 0 Å². The van der Waals surface area contributed by atoms with Crippen LogP contribution in [0.4, 0.5) is 0 Å². The zero-order valence-electron chi connectivity index (χ0n) is 8.92. The van der Waals surface area contributed by atoms with Crippen molar-refractivity contribution in [1.82, 2.24) is 4.90 Å². The molecule has 2 N–H and O–H groups in total. The molecule has 13 heavy (non-hydrogen) atoms. The molecular formula is C11H22N2. The molecule has 2 unspecified atom stereocenters. The van der Waals surface area contributed by atoms with E-state index in [1.165, 1.54) is 38.6 Å². The lowest BCUT2D eigenvalue weighted by molar-refractivity contribution is 0.172. The standard InChI is InChI=1S/C11H22N2/c1-11(7-3-4-10(11)12)8-13(2)9-5-6-9/h9-10H,3-8,12H2,1-2H3. The quantitative estimate of drug-likeness (QED) is 0.718. The van der Waals surface area contributed by atoms with Gasteiger partial charge in [0.1, 0.15) is 0 Å². The third kappa shape index (κ3) is 1.89. The summed E-state index contributed by atoms with van der Waals surface area (Å²) in [7, 11) is 2.26. The normalized spacial score (nSPS) is 40.2. The molecule has 0 aromatic heterocycles. The third-order valence-corrected chi connectivity index (χ3v) is 3.94. The predicted molar refractivity (Wildman–Crippen MR) is 55.6 cm³/mol. The predicted octanol–water partition coefficient (Wildman–Crippen LogP) is 1.60. The summed E-state index contributed by atoms with van der Waals surface area (Å²) >= 11 is 0. The summed E-state index contributed by atoms with van der Waals surface area (Å²) in [5.74, 6) is 0. The molecule has 2 atom stereocenters. The van der Waals surface area contributed by atoms with Gasteiger partial charge in [-0.1, -0.05) is 13.3 Å². The topological polar surface area (TPSA) is 29.3 Å². The fourth-order valence-corrected chi connectivity index (χ4v) is 2.67. The smallest absolute Gasteiger partial charge is 0.0105 e. The summed E-state index contributed by atoms with van der Waals surface area (Å²) in [5, 5.41) is 0. The van der Waals surface area contributed by atoms with Gasteiger partial charge < -0.3 is 10.6 Å². The van der Waals surface area contributed by atoms with E-state index in [9.17, 15) is 0 Å². The zero-order chi connectivity index (χ0) is 9.47. The summed E-state index contributed by atoms with van der Waals surface area (Å²) in [6.45, 7) is 3.57. The van der Waals surface area contributed by atoms with E-state index >= 15 is 0 Å². The Labute approximate surface area is 81.5 Å². The molecule has 0 aliphatic heterocycles. The maximum absolute atomic E-state index is 6.16. The summed E-state index contributed by atoms with van der Waals surface area (Å²) in [6.07, 6.45) is 6.69. The van der Waals surface area contributed by atoms with E-state index < -0.39 is 0 Å². The molecule has 0 radical (unpaired) electrons. The van der Waals surface area contributed by atoms with Crippen molar-refractivity contribution in [2.45, 2.75) is 51.1 Å². The van der Waals surface area contributed by atoms with E-state index in [-0.39, 0.29) is 0 Å². The van der Waals surface area contributed by atoms with Gasteiger partial charge in [0.15, 0.2) is 0 Å². The van der Waals surface area contributed by atoms with Crippen LogP contribution in [0.2, 0.25) is 0 Å². The largest absolute Gasteiger partial charge is 0.327 e. The molecule has 2 aliphatic rings. The van der Waals surface area contributed by atoms with Crippen LogP contribution in [0.5, 0.6) is 0 Å². The van der Waals surface area contributed by atoms with E-state index in [4.69, 9.17) is 5.73 Å². The molecule has 0 aromatic carbocycles. The van der Waals surface area contributed by atoms with Crippen LogP contribution in [-0.2, 0) is 0 Å². The van der Waals surface area contributed by atoms with Crippen LogP contribution in [0.15, 0.2) is 0 Å². The van der Waals surface area contributed by atoms with Crippen molar-refractivity contribution in [2.75, 3.05) is 13.6 Å². The van der Waals surface area contributed by atoms with Gasteiger partial charge in [0.2, 0.25) is 0 Å². The lowest BCUT2D eigenvalue weighted by Crippen LogP contribution is -2.43. The highest BCUT2D eigenvalue weighted by molar-refractivity contribution is 4.95. The van der Waals surface area contributed by atoms with E-state index in [1.54, 1.807) is 0 Å². The van der Waals surface area contributed by atoms with Crippen LogP contribution in [0.1, 0.15) is 39.0 Å². The minimum atomic E-state index is 0.400. The second-order valence-electron chi connectivity index (χ2n) is 5.30. The van der Waals surface area contributed by atoms with E-state index in [0.717, 1.165) is 6.04 Å². The van der Waals surface area contributed by atoms with Crippen molar-refractivity contribution in [3.8, 4) is 0 Å². The molecule has 2 nitrogen and oxygen atoms in total. The molecule has 0 heterocycles. The molecule has 0 bridgehead atoms. The summed E-state index contributed by atoms with van der Waals surface area (Å²) < 4.78 is 0. The van der Waals surface area contributed by atoms with Crippen LogP contribution in [0.3, 0.4) is 0 Å². The maximum Gasteiger partial charge on any atom is 0.0105 e. The maximum atomic E-state index is 6.16. The Bertz CT molecular complexity index is 189. The first kappa shape index (κ1) is 9.47. The van der Waals surface area contributed by atoms with Crippen LogP contribution in [0, 0.1) is 5.41 Å². The van der Waals surface area contributed by atoms with E-state index in [0.29, 0.717) is 11.5 Å². The Balaban J connectivity index is 1.90. The van der Waals surface area contributed by atoms with Crippen molar-refractivity contribution in [2.24, 2.45) is 11.1 Å². The highest BCUT2D eigenvalue weighted by Gasteiger charge is 2.39. The van der Waals surface area contributed by atoms with Crippen molar-refractivity contribution in [3.05, 3.63) is 0 Å². The zero-order valence-corrected chi connectivity index (χ0v) is 8.92. The molecule has 2 saturated carbocycles. The molecular weight excluding hydrogens is 160 g/mol. The highest BCUT2D eigenvalue weighted by atomic mass is 15.2. The van der Waals surface area contributed by atoms with Gasteiger partial charge in [0.25, 0.3) is 0 Å². The lowest BCUT2D eigenvalue weighted by Gasteiger charge is -2.33. The molecule has 0 spiro atoms. The Morgan fingerprint density at radius 3 is 2.54 bits per heavy atom. The number of hydrogen-bond donors (Lipinski definition) is 1. The van der Waals surface area contributed by atoms with Gasteiger partial charge in [-0.25, -0.2) is 0 Å². The Morgan fingerprint density at radius 1 is 1.38 bits per heavy atom. The van der Waals surface area contributed by atoms with Crippen LogP contribution < -0.4 is 5.73 Å². The number of rotatable bonds is 3. The first-order chi connectivity index (χ1) is 6.12. The number of nitrogens with zero attached hydrogens (tertiary/aromatic N) is 1. The second-order valence-corrected chi connectivity index (χ2v) is 5.30. The minimum Gasteiger partial charge on any atom is -0.327 e. The monoisotopic (exact) mass is 182 g/mol. The summed E-state index contributed by atoms with van der Waals surface area (Å²) in [4.78, 5) is 2.52. The van der Waals surface area contributed by atoms with E-state index in [1.807, 2.05) is 0 Å². The Kier molecular flexibility index (Phi) is 2.37. The van der Waals surface area contributed by atoms with Crippen LogP contribution in [0.25, 0.3) is 0 Å². The van der Waals surface area contributed by atoms with Crippen molar-refractivity contribution in [1.29, 1.82) is 0 Å². The van der Waals surface area contributed by atoms with Gasteiger partial charge in [-0.05, 0) is 38.1 Å². The number of nitrogens with two attached hydrogens (primary N) is 1. The molecule has 76 valence electrons. The lowest BCUT2D eigenvalue weighted by atomic mass is 9.84. The fraction of sp³-hybridized carbons (Fsp3) is 1.00. The van der Waals surface area contributed by atoms with Crippen molar-refractivity contribution >= 4 is 0 Å². The molecule has 2 heteroatoms. The van der Waals surface area contributed by atoms with Crippen LogP contribution >= 0.6 is 0 Å². The van der Waals surface area contributed by atoms with E-state index in [2.05, 4.69) is 18.9 Å². The second kappa shape index (κ2) is 3.25. The Morgan fingerprint density at radius 2 is 2.08 bits per heavy atom. The van der Waals surface area contributed by atoms with Gasteiger partial charge in [0.05, 0.1) is 0 Å². The molecule has 0 amide bonds. The van der Waals surface area contributed by atoms with Gasteiger partial charge in [-0.2, -0.15) is 0 Å². The molecule has 2 rings (SSSR count). The first-order valence-corrected chi connectivity index (χ1v) is 5.58. The molecule has 2 fully saturated rings. The van der Waals surface area contributed by atoms with Crippen molar-refractivity contribution < 1.29 is 0 Å². The molecule has 0 saturated heterocycles. The molecule has 2 aliphatic carbocycles. The SMILES string of the molecule is CN(CC1(C)CCCC1N)C1CC1. The first-order valence-electron chi connectivity index (χ1n) is 5.58. The summed E-state index contributed by atoms with van der Waals surface area (Å²) in [6, 6.07) is 1.32. The minimum absolute atomic E-state index is 0.400. The fourth-order valence-electron chi connectivity index (χ4n) is 2.67. The van der Waals surface area contributed by atoms with Gasteiger partial charge in [-0.3, -0.25) is 0 Å². The average molecular weight is 182 g/mol. The number of hydrogen-bond acceptors (Lipinski definition) is 2. The summed E-state index contributed by atoms with van der Waals surface area (Å²) in [5.41, 5.74) is 6.56. The van der Waals surface area contributed by atoms with Crippen molar-refractivity contribution in [3.63, 3.8) is 0 Å². The Hall–Kier alpha value is -0.0800. The van der Waals surface area contributed by atoms with Crippen LogP contribution in [-0.4, -0.2) is 30.6 Å². The highest BCUT2D eigenvalue weighted by Crippen LogP contribution is 2.39. The molecule has 0 aromatic rings. The van der Waals surface area contributed by atoms with Gasteiger partial charge in [0, 0.05) is 18.6 Å². The third-order valence-electron chi connectivity index (χ3n) is 3.94.